The van der Waals surface area contributed by atoms with Gasteiger partial charge in [0.25, 0.3) is 5.91 Å². The van der Waals surface area contributed by atoms with Crippen LogP contribution >= 0.6 is 11.6 Å². The SMILES string of the molecule is Cc1ccc(NC(=O)COc2cc(C(F)(F)F)nn2-c2ccccc2Cl)c(C(=O)O)c1. The highest BCUT2D eigenvalue weighted by Gasteiger charge is 2.36. The Bertz CT molecular complexity index is 1140. The lowest BCUT2D eigenvalue weighted by atomic mass is 10.1. The molecular weight excluding hydrogens is 439 g/mol. The number of ether oxygens (including phenoxy) is 1. The van der Waals surface area contributed by atoms with Crippen LogP contribution in [-0.2, 0) is 11.0 Å². The van der Waals surface area contributed by atoms with Crippen molar-refractivity contribution in [3.63, 3.8) is 0 Å². The Balaban J connectivity index is 1.83. The highest BCUT2D eigenvalue weighted by atomic mass is 35.5. The number of aromatic nitrogens is 2. The fraction of sp³-hybridized carbons (Fsp3) is 0.150. The first-order valence-electron chi connectivity index (χ1n) is 8.75. The van der Waals surface area contributed by atoms with E-state index in [4.69, 9.17) is 16.3 Å². The van der Waals surface area contributed by atoms with Crippen LogP contribution in [-0.4, -0.2) is 33.4 Å². The van der Waals surface area contributed by atoms with Gasteiger partial charge in [0, 0.05) is 6.07 Å². The molecule has 0 aliphatic rings. The van der Waals surface area contributed by atoms with Gasteiger partial charge in [-0.15, -0.1) is 0 Å². The lowest BCUT2D eigenvalue weighted by molar-refractivity contribution is -0.141. The second-order valence-electron chi connectivity index (χ2n) is 6.42. The number of nitrogens with one attached hydrogen (secondary N) is 1. The van der Waals surface area contributed by atoms with Gasteiger partial charge in [0.1, 0.15) is 0 Å². The zero-order valence-electron chi connectivity index (χ0n) is 15.9. The molecule has 2 N–H and O–H groups in total. The Morgan fingerprint density at radius 3 is 2.55 bits per heavy atom. The van der Waals surface area contributed by atoms with Gasteiger partial charge in [0.05, 0.1) is 22.0 Å². The van der Waals surface area contributed by atoms with E-state index in [1.54, 1.807) is 25.1 Å². The van der Waals surface area contributed by atoms with Crippen molar-refractivity contribution in [2.75, 3.05) is 11.9 Å². The van der Waals surface area contributed by atoms with Gasteiger partial charge in [0.15, 0.2) is 12.3 Å². The molecule has 11 heteroatoms. The monoisotopic (exact) mass is 453 g/mol. The van der Waals surface area contributed by atoms with Gasteiger partial charge in [-0.3, -0.25) is 4.79 Å². The highest BCUT2D eigenvalue weighted by molar-refractivity contribution is 6.32. The van der Waals surface area contributed by atoms with Crippen molar-refractivity contribution in [3.05, 3.63) is 70.4 Å². The topological polar surface area (TPSA) is 93.5 Å². The second kappa shape index (κ2) is 8.68. The molecule has 0 bridgehead atoms. The molecule has 2 aromatic carbocycles. The van der Waals surface area contributed by atoms with E-state index in [-0.39, 0.29) is 27.8 Å². The number of hydrogen-bond acceptors (Lipinski definition) is 4. The Kier molecular flexibility index (Phi) is 6.21. The van der Waals surface area contributed by atoms with Crippen molar-refractivity contribution in [2.24, 2.45) is 0 Å². The van der Waals surface area contributed by atoms with Gasteiger partial charge >= 0.3 is 12.1 Å². The molecule has 0 aliphatic heterocycles. The summed E-state index contributed by atoms with van der Waals surface area (Å²) in [6.07, 6.45) is -4.74. The molecule has 0 saturated heterocycles. The van der Waals surface area contributed by atoms with Gasteiger partial charge in [-0.1, -0.05) is 35.4 Å². The van der Waals surface area contributed by atoms with Gasteiger partial charge < -0.3 is 15.2 Å². The number of carboxylic acids is 1. The summed E-state index contributed by atoms with van der Waals surface area (Å²) in [6.45, 7) is 0.996. The van der Waals surface area contributed by atoms with Crippen molar-refractivity contribution in [1.29, 1.82) is 0 Å². The van der Waals surface area contributed by atoms with E-state index in [0.717, 1.165) is 4.68 Å². The first-order valence-corrected chi connectivity index (χ1v) is 9.13. The molecule has 0 saturated carbocycles. The molecule has 1 amide bonds. The molecule has 0 spiro atoms. The smallest absolute Gasteiger partial charge is 0.435 e. The maximum absolute atomic E-state index is 13.1. The Morgan fingerprint density at radius 1 is 1.19 bits per heavy atom. The number of para-hydroxylation sites is 1. The molecule has 0 aliphatic carbocycles. The predicted octanol–water partition coefficient (Wildman–Crippen LogP) is 4.57. The highest BCUT2D eigenvalue weighted by Crippen LogP contribution is 2.33. The Labute approximate surface area is 179 Å². The second-order valence-corrected chi connectivity index (χ2v) is 6.83. The van der Waals surface area contributed by atoms with E-state index in [2.05, 4.69) is 10.4 Å². The van der Waals surface area contributed by atoms with Crippen LogP contribution in [0.25, 0.3) is 5.69 Å². The molecule has 0 atom stereocenters. The van der Waals surface area contributed by atoms with E-state index in [9.17, 15) is 27.9 Å². The zero-order valence-corrected chi connectivity index (χ0v) is 16.7. The van der Waals surface area contributed by atoms with Crippen molar-refractivity contribution in [1.82, 2.24) is 9.78 Å². The van der Waals surface area contributed by atoms with E-state index < -0.39 is 30.4 Å². The molecule has 0 radical (unpaired) electrons. The summed E-state index contributed by atoms with van der Waals surface area (Å²) in [5.41, 5.74) is -0.526. The number of aromatic carboxylic acids is 1. The van der Waals surface area contributed by atoms with E-state index in [1.165, 1.54) is 24.3 Å². The maximum atomic E-state index is 13.1. The van der Waals surface area contributed by atoms with Crippen molar-refractivity contribution in [3.8, 4) is 11.6 Å². The van der Waals surface area contributed by atoms with Crippen LogP contribution in [0.5, 0.6) is 5.88 Å². The van der Waals surface area contributed by atoms with Crippen LogP contribution < -0.4 is 10.1 Å². The number of alkyl halides is 3. The number of anilines is 1. The Hall–Kier alpha value is -3.53. The largest absolute Gasteiger partial charge is 0.478 e. The third-order valence-electron chi connectivity index (χ3n) is 4.08. The average molecular weight is 454 g/mol. The molecule has 31 heavy (non-hydrogen) atoms. The zero-order chi connectivity index (χ0) is 22.8. The molecule has 1 heterocycles. The fourth-order valence-electron chi connectivity index (χ4n) is 2.67. The van der Waals surface area contributed by atoms with Crippen LogP contribution in [0.2, 0.25) is 5.02 Å². The van der Waals surface area contributed by atoms with Crippen molar-refractivity contribution >= 4 is 29.2 Å². The first kappa shape index (κ1) is 22.2. The van der Waals surface area contributed by atoms with Crippen LogP contribution in [0.3, 0.4) is 0 Å². The van der Waals surface area contributed by atoms with Gasteiger partial charge in [-0.05, 0) is 31.2 Å². The van der Waals surface area contributed by atoms with Crippen LogP contribution in [0.1, 0.15) is 21.6 Å². The average Bonchev–Trinajstić information content (AvgIpc) is 3.12. The number of amides is 1. The molecule has 7 nitrogen and oxygen atoms in total. The fourth-order valence-corrected chi connectivity index (χ4v) is 2.89. The molecule has 3 rings (SSSR count). The summed E-state index contributed by atoms with van der Waals surface area (Å²) in [7, 11) is 0. The van der Waals surface area contributed by atoms with Crippen LogP contribution in [0.15, 0.2) is 48.5 Å². The maximum Gasteiger partial charge on any atom is 0.435 e. The first-order chi connectivity index (χ1) is 14.6. The number of aryl methyl sites for hydroxylation is 1. The van der Waals surface area contributed by atoms with Crippen molar-refractivity contribution in [2.45, 2.75) is 13.1 Å². The summed E-state index contributed by atoms with van der Waals surface area (Å²) in [5, 5.41) is 15.3. The number of carbonyl (C=O) groups is 2. The lowest BCUT2D eigenvalue weighted by Gasteiger charge is -2.12. The van der Waals surface area contributed by atoms with Gasteiger partial charge in [0.2, 0.25) is 5.88 Å². The molecule has 0 fully saturated rings. The molecule has 0 unspecified atom stereocenters. The summed E-state index contributed by atoms with van der Waals surface area (Å²) >= 11 is 6.05. The molecule has 1 aromatic heterocycles. The van der Waals surface area contributed by atoms with Gasteiger partial charge in [-0.25, -0.2) is 4.79 Å². The van der Waals surface area contributed by atoms with E-state index >= 15 is 0 Å². The van der Waals surface area contributed by atoms with Crippen LogP contribution in [0, 0.1) is 6.92 Å². The van der Waals surface area contributed by atoms with E-state index in [1.807, 2.05) is 0 Å². The number of nitrogens with zero attached hydrogens (tertiary/aromatic N) is 2. The minimum Gasteiger partial charge on any atom is -0.478 e. The number of carboxylic acid groups (broad SMARTS) is 1. The number of halogens is 4. The summed E-state index contributed by atoms with van der Waals surface area (Å²) < 4.78 is 45.5. The minimum atomic E-state index is -4.74. The third-order valence-corrected chi connectivity index (χ3v) is 4.40. The third kappa shape index (κ3) is 5.15. The summed E-state index contributed by atoms with van der Waals surface area (Å²) in [4.78, 5) is 23.6. The summed E-state index contributed by atoms with van der Waals surface area (Å²) in [6, 6.07) is 11.1. The molecular formula is C20H15ClF3N3O4. The Morgan fingerprint density at radius 2 is 1.90 bits per heavy atom. The van der Waals surface area contributed by atoms with E-state index in [0.29, 0.717) is 11.6 Å². The quantitative estimate of drug-likeness (QED) is 0.570. The number of carbonyl (C=O) groups excluding carboxylic acids is 1. The predicted molar refractivity (Wildman–Crippen MR) is 106 cm³/mol. The normalized spacial score (nSPS) is 11.3. The molecule has 3 aromatic rings. The minimum absolute atomic E-state index is 0.0299. The standard InChI is InChI=1S/C20H15ClF3N3O4/c1-11-6-7-14(12(8-11)19(29)30)25-17(28)10-31-18-9-16(20(22,23)24)26-27(18)15-5-3-2-4-13(15)21/h2-9H,10H2,1H3,(H,25,28)(H,29,30). The number of hydrogen-bond donors (Lipinski definition) is 2. The number of rotatable bonds is 6. The number of benzene rings is 2. The summed E-state index contributed by atoms with van der Waals surface area (Å²) in [5.74, 6) is -2.38. The molecule has 162 valence electrons. The lowest BCUT2D eigenvalue weighted by Crippen LogP contribution is -2.22. The van der Waals surface area contributed by atoms with Crippen molar-refractivity contribution < 1.29 is 32.6 Å². The van der Waals surface area contributed by atoms with Gasteiger partial charge in [-0.2, -0.15) is 23.0 Å². The van der Waals surface area contributed by atoms with Crippen LogP contribution in [0.4, 0.5) is 18.9 Å².